The number of piperazine rings is 1. The largest absolute Gasteiger partial charge is 0.497 e. The van der Waals surface area contributed by atoms with Crippen LogP contribution in [0.3, 0.4) is 0 Å². The van der Waals surface area contributed by atoms with Crippen LogP contribution in [0.4, 0.5) is 0 Å². The van der Waals surface area contributed by atoms with Crippen LogP contribution in [0.1, 0.15) is 11.3 Å². The van der Waals surface area contributed by atoms with Crippen LogP contribution in [-0.2, 0) is 21.4 Å². The van der Waals surface area contributed by atoms with E-state index < -0.39 is 10.0 Å². The van der Waals surface area contributed by atoms with Gasteiger partial charge < -0.3 is 9.64 Å². The van der Waals surface area contributed by atoms with E-state index in [9.17, 15) is 13.2 Å². The highest BCUT2D eigenvalue weighted by atomic mass is 32.2. The number of carbonyl (C=O) groups is 1. The van der Waals surface area contributed by atoms with Crippen molar-refractivity contribution in [2.45, 2.75) is 25.3 Å². The summed E-state index contributed by atoms with van der Waals surface area (Å²) in [6.07, 6.45) is 1.72. The molecule has 0 spiro atoms. The van der Waals surface area contributed by atoms with Gasteiger partial charge in [0.15, 0.2) is 5.65 Å². The van der Waals surface area contributed by atoms with Crippen molar-refractivity contribution in [2.75, 3.05) is 33.3 Å². The number of aryl methyl sites for hydroxylation is 2. The van der Waals surface area contributed by atoms with Crippen LogP contribution in [0.25, 0.3) is 22.2 Å². The molecular formula is C27H29N5O4S. The fraction of sp³-hybridized carbons (Fsp3) is 0.296. The van der Waals surface area contributed by atoms with E-state index in [4.69, 9.17) is 4.74 Å². The molecule has 10 heteroatoms. The van der Waals surface area contributed by atoms with E-state index in [0.717, 1.165) is 33.5 Å². The van der Waals surface area contributed by atoms with Gasteiger partial charge in [-0.05, 0) is 55.3 Å². The van der Waals surface area contributed by atoms with Crippen molar-refractivity contribution in [3.63, 3.8) is 0 Å². The van der Waals surface area contributed by atoms with E-state index in [1.165, 1.54) is 4.31 Å². The van der Waals surface area contributed by atoms with Gasteiger partial charge in [-0.15, -0.1) is 0 Å². The van der Waals surface area contributed by atoms with E-state index in [-0.39, 0.29) is 30.4 Å². The molecule has 1 saturated heterocycles. The quantitative estimate of drug-likeness (QED) is 0.388. The molecule has 1 amide bonds. The lowest BCUT2D eigenvalue weighted by atomic mass is 10.0. The molecule has 0 N–H and O–H groups in total. The highest BCUT2D eigenvalue weighted by Gasteiger charge is 2.30. The second-order valence-electron chi connectivity index (χ2n) is 9.13. The van der Waals surface area contributed by atoms with Crippen molar-refractivity contribution in [3.05, 3.63) is 72.1 Å². The fourth-order valence-corrected chi connectivity index (χ4v) is 6.09. The number of aromatic nitrogens is 3. The third-order valence-corrected chi connectivity index (χ3v) is 8.66. The lowest BCUT2D eigenvalue weighted by Gasteiger charge is -2.34. The van der Waals surface area contributed by atoms with Crippen molar-refractivity contribution in [1.82, 2.24) is 24.0 Å². The molecule has 0 unspecified atom stereocenters. The molecule has 2 aromatic carbocycles. The lowest BCUT2D eigenvalue weighted by Crippen LogP contribution is -2.51. The number of hydrogen-bond acceptors (Lipinski definition) is 6. The number of rotatable bonds is 6. The molecule has 5 rings (SSSR count). The minimum absolute atomic E-state index is 0.0358. The minimum Gasteiger partial charge on any atom is -0.497 e. The van der Waals surface area contributed by atoms with E-state index in [1.807, 2.05) is 44.2 Å². The highest BCUT2D eigenvalue weighted by molar-refractivity contribution is 7.89. The van der Waals surface area contributed by atoms with Crippen LogP contribution in [0, 0.1) is 13.8 Å². The van der Waals surface area contributed by atoms with E-state index in [0.29, 0.717) is 18.7 Å². The number of methoxy groups -OCH3 is 1. The SMILES string of the molecule is COc1ccc(-c2ccnc3c2c(C)nn3CC(=O)N2CCN(S(=O)(=O)c3ccc(C)cc3)CC2)cc1. The number of amides is 1. The second-order valence-corrected chi connectivity index (χ2v) is 11.1. The van der Waals surface area contributed by atoms with Crippen molar-refractivity contribution in [3.8, 4) is 16.9 Å². The van der Waals surface area contributed by atoms with Crippen LogP contribution in [0.2, 0.25) is 0 Å². The zero-order valence-corrected chi connectivity index (χ0v) is 21.9. The third kappa shape index (κ3) is 4.82. The number of nitrogens with zero attached hydrogens (tertiary/aromatic N) is 5. The van der Waals surface area contributed by atoms with E-state index in [1.54, 1.807) is 47.2 Å². The number of benzene rings is 2. The van der Waals surface area contributed by atoms with Gasteiger partial charge >= 0.3 is 0 Å². The van der Waals surface area contributed by atoms with Gasteiger partial charge in [0.05, 0.1) is 17.7 Å². The summed E-state index contributed by atoms with van der Waals surface area (Å²) in [5, 5.41) is 5.52. The molecule has 0 aliphatic carbocycles. The summed E-state index contributed by atoms with van der Waals surface area (Å²) in [5.41, 5.74) is 4.42. The van der Waals surface area contributed by atoms with Crippen LogP contribution in [0.15, 0.2) is 65.7 Å². The maximum atomic E-state index is 13.2. The van der Waals surface area contributed by atoms with Crippen molar-refractivity contribution < 1.29 is 17.9 Å². The summed E-state index contributed by atoms with van der Waals surface area (Å²) >= 11 is 0. The Bertz CT molecular complexity index is 1540. The molecule has 1 aliphatic heterocycles. The topological polar surface area (TPSA) is 97.6 Å². The first kappa shape index (κ1) is 24.9. The summed E-state index contributed by atoms with van der Waals surface area (Å²) < 4.78 is 34.3. The van der Waals surface area contributed by atoms with Crippen LogP contribution in [-0.4, -0.2) is 71.6 Å². The summed E-state index contributed by atoms with van der Waals surface area (Å²) in [6, 6.07) is 16.6. The third-order valence-electron chi connectivity index (χ3n) is 6.74. The Hall–Kier alpha value is -3.76. The Morgan fingerprint density at radius 3 is 2.27 bits per heavy atom. The molecule has 2 aromatic heterocycles. The molecule has 1 aliphatic rings. The van der Waals surface area contributed by atoms with Gasteiger partial charge in [-0.25, -0.2) is 18.1 Å². The molecule has 3 heterocycles. The lowest BCUT2D eigenvalue weighted by molar-refractivity contribution is -0.133. The molecule has 0 atom stereocenters. The first-order chi connectivity index (χ1) is 17.8. The minimum atomic E-state index is -3.59. The molecule has 37 heavy (non-hydrogen) atoms. The maximum Gasteiger partial charge on any atom is 0.244 e. The van der Waals surface area contributed by atoms with Crippen molar-refractivity contribution in [1.29, 1.82) is 0 Å². The highest BCUT2D eigenvalue weighted by Crippen LogP contribution is 2.31. The smallest absolute Gasteiger partial charge is 0.244 e. The Morgan fingerprint density at radius 1 is 0.946 bits per heavy atom. The fourth-order valence-electron chi connectivity index (χ4n) is 4.67. The van der Waals surface area contributed by atoms with Crippen molar-refractivity contribution in [2.24, 2.45) is 0 Å². The summed E-state index contributed by atoms with van der Waals surface area (Å²) in [6.45, 7) is 5.02. The van der Waals surface area contributed by atoms with Gasteiger partial charge in [0.1, 0.15) is 12.3 Å². The number of carbonyl (C=O) groups excluding carboxylic acids is 1. The molecule has 0 radical (unpaired) electrons. The molecule has 9 nitrogen and oxygen atoms in total. The molecule has 1 fully saturated rings. The summed E-state index contributed by atoms with van der Waals surface area (Å²) in [5.74, 6) is 0.660. The normalized spacial score (nSPS) is 14.7. The Morgan fingerprint density at radius 2 is 1.62 bits per heavy atom. The number of fused-ring (bicyclic) bond motifs is 1. The van der Waals surface area contributed by atoms with Gasteiger partial charge in [0, 0.05) is 37.8 Å². The van der Waals surface area contributed by atoms with Crippen molar-refractivity contribution >= 4 is 27.0 Å². The van der Waals surface area contributed by atoms with E-state index >= 15 is 0 Å². The first-order valence-corrected chi connectivity index (χ1v) is 13.5. The number of pyridine rings is 1. The number of sulfonamides is 1. The van der Waals surface area contributed by atoms with Crippen LogP contribution in [0.5, 0.6) is 5.75 Å². The predicted octanol–water partition coefficient (Wildman–Crippen LogP) is 3.26. The van der Waals surface area contributed by atoms with Gasteiger partial charge in [-0.1, -0.05) is 29.8 Å². The first-order valence-electron chi connectivity index (χ1n) is 12.1. The van der Waals surface area contributed by atoms with Crippen LogP contribution >= 0.6 is 0 Å². The van der Waals surface area contributed by atoms with Crippen LogP contribution < -0.4 is 4.74 Å². The second kappa shape index (κ2) is 9.95. The van der Waals surface area contributed by atoms with E-state index in [2.05, 4.69) is 10.1 Å². The van der Waals surface area contributed by atoms with Gasteiger partial charge in [0.25, 0.3) is 0 Å². The standard InChI is InChI=1S/C27H29N5O4S/c1-19-4-10-23(11-5-19)37(34,35)31-16-14-30(15-17-31)25(33)18-32-27-26(20(2)29-32)24(12-13-28-27)21-6-8-22(36-3)9-7-21/h4-13H,14-18H2,1-3H3. The Kier molecular flexibility index (Phi) is 6.70. The maximum absolute atomic E-state index is 13.2. The molecule has 4 aromatic rings. The molecule has 192 valence electrons. The van der Waals surface area contributed by atoms with Gasteiger partial charge in [0.2, 0.25) is 15.9 Å². The summed E-state index contributed by atoms with van der Waals surface area (Å²) in [4.78, 5) is 19.7. The average Bonchev–Trinajstić information content (AvgIpc) is 3.24. The molecular weight excluding hydrogens is 490 g/mol. The van der Waals surface area contributed by atoms with Gasteiger partial charge in [-0.2, -0.15) is 9.40 Å². The number of ether oxygens (including phenoxy) is 1. The Labute approximate surface area is 216 Å². The monoisotopic (exact) mass is 519 g/mol. The average molecular weight is 520 g/mol. The molecule has 0 bridgehead atoms. The van der Waals surface area contributed by atoms with Gasteiger partial charge in [-0.3, -0.25) is 4.79 Å². The molecule has 0 saturated carbocycles. The number of hydrogen-bond donors (Lipinski definition) is 0. The summed E-state index contributed by atoms with van der Waals surface area (Å²) in [7, 11) is -1.96. The Balaban J connectivity index is 1.31. The zero-order valence-electron chi connectivity index (χ0n) is 21.1. The predicted molar refractivity (Wildman–Crippen MR) is 141 cm³/mol. The zero-order chi connectivity index (χ0) is 26.2.